The number of piperidine rings is 1. The van der Waals surface area contributed by atoms with Gasteiger partial charge in [-0.3, -0.25) is 4.72 Å². The SMILES string of the molecule is COc1cc(/C=C/C(=O)O)cc(S(=O)(=O)Nc2ccc(S(=O)(=O)N3CCCCC3)cc2)c1OC. The standard InChI is InChI=1S/C22H26N2O8S2/c1-31-19-14-16(6-11-21(25)26)15-20(22(19)32-2)33(27,28)23-17-7-9-18(10-8-17)34(29,30)24-12-4-3-5-13-24/h6-11,14-15,23H,3-5,12-13H2,1-2H3,(H,25,26)/b11-6+. The molecule has 0 aliphatic carbocycles. The van der Waals surface area contributed by atoms with Crippen molar-refractivity contribution >= 4 is 37.8 Å². The van der Waals surface area contributed by atoms with Crippen LogP contribution in [-0.4, -0.2) is 59.5 Å². The first-order valence-electron chi connectivity index (χ1n) is 10.4. The molecule has 0 bridgehead atoms. The summed E-state index contributed by atoms with van der Waals surface area (Å²) >= 11 is 0. The van der Waals surface area contributed by atoms with Gasteiger partial charge in [0, 0.05) is 24.9 Å². The molecule has 184 valence electrons. The Balaban J connectivity index is 1.92. The van der Waals surface area contributed by atoms with Crippen LogP contribution in [-0.2, 0) is 24.8 Å². The van der Waals surface area contributed by atoms with Gasteiger partial charge in [0.2, 0.25) is 10.0 Å². The van der Waals surface area contributed by atoms with Crippen LogP contribution in [0.15, 0.2) is 52.3 Å². The highest BCUT2D eigenvalue weighted by molar-refractivity contribution is 7.92. The Kier molecular flexibility index (Phi) is 7.85. The lowest BCUT2D eigenvalue weighted by Crippen LogP contribution is -2.35. The molecule has 10 nitrogen and oxygen atoms in total. The molecule has 0 spiro atoms. The number of aliphatic carboxylic acids is 1. The van der Waals surface area contributed by atoms with E-state index in [1.165, 1.54) is 61.0 Å². The van der Waals surface area contributed by atoms with Gasteiger partial charge in [-0.05, 0) is 60.9 Å². The first-order valence-corrected chi connectivity index (χ1v) is 13.3. The molecule has 0 atom stereocenters. The summed E-state index contributed by atoms with van der Waals surface area (Å²) in [5, 5.41) is 8.87. The molecule has 0 unspecified atom stereocenters. The summed E-state index contributed by atoms with van der Waals surface area (Å²) in [5.41, 5.74) is 0.411. The van der Waals surface area contributed by atoms with Gasteiger partial charge in [0.1, 0.15) is 4.90 Å². The average molecular weight is 511 g/mol. The summed E-state index contributed by atoms with van der Waals surface area (Å²) in [4.78, 5) is 10.7. The third-order valence-corrected chi connectivity index (χ3v) is 8.53. The second-order valence-electron chi connectivity index (χ2n) is 7.52. The van der Waals surface area contributed by atoms with E-state index in [1.807, 2.05) is 0 Å². The molecule has 1 aliphatic heterocycles. The molecule has 3 rings (SSSR count). The van der Waals surface area contributed by atoms with E-state index >= 15 is 0 Å². The number of rotatable bonds is 9. The van der Waals surface area contributed by atoms with Crippen molar-refractivity contribution < 1.29 is 36.2 Å². The Hall–Kier alpha value is -3.09. The molecule has 34 heavy (non-hydrogen) atoms. The van der Waals surface area contributed by atoms with Gasteiger partial charge in [0.15, 0.2) is 11.5 Å². The number of carboxylic acid groups (broad SMARTS) is 1. The van der Waals surface area contributed by atoms with Gasteiger partial charge in [-0.2, -0.15) is 4.31 Å². The molecule has 1 fully saturated rings. The molecule has 12 heteroatoms. The van der Waals surface area contributed by atoms with E-state index in [4.69, 9.17) is 14.6 Å². The van der Waals surface area contributed by atoms with Crippen molar-refractivity contribution in [2.75, 3.05) is 32.0 Å². The lowest BCUT2D eigenvalue weighted by molar-refractivity contribution is -0.131. The zero-order chi connectivity index (χ0) is 24.9. The number of sulfonamides is 2. The number of carbonyl (C=O) groups is 1. The topological polar surface area (TPSA) is 139 Å². The number of hydrogen-bond acceptors (Lipinski definition) is 7. The maximum absolute atomic E-state index is 13.2. The van der Waals surface area contributed by atoms with Crippen molar-refractivity contribution in [3.8, 4) is 11.5 Å². The first-order chi connectivity index (χ1) is 16.1. The molecular weight excluding hydrogens is 484 g/mol. The van der Waals surface area contributed by atoms with Gasteiger partial charge < -0.3 is 14.6 Å². The zero-order valence-corrected chi connectivity index (χ0v) is 20.4. The predicted molar refractivity (Wildman–Crippen MR) is 126 cm³/mol. The van der Waals surface area contributed by atoms with Crippen LogP contribution in [0.4, 0.5) is 5.69 Å². The molecule has 0 saturated carbocycles. The van der Waals surface area contributed by atoms with Crippen LogP contribution in [0.3, 0.4) is 0 Å². The number of ether oxygens (including phenoxy) is 2. The quantitative estimate of drug-likeness (QED) is 0.491. The van der Waals surface area contributed by atoms with E-state index in [0.717, 1.165) is 25.3 Å². The Morgan fingerprint density at radius 2 is 1.65 bits per heavy atom. The van der Waals surface area contributed by atoms with Crippen molar-refractivity contribution in [2.24, 2.45) is 0 Å². The van der Waals surface area contributed by atoms with Crippen molar-refractivity contribution in [3.63, 3.8) is 0 Å². The largest absolute Gasteiger partial charge is 0.493 e. The summed E-state index contributed by atoms with van der Waals surface area (Å²) in [7, 11) is -5.26. The molecule has 2 aromatic rings. The van der Waals surface area contributed by atoms with Crippen LogP contribution in [0.1, 0.15) is 24.8 Å². The maximum atomic E-state index is 13.2. The van der Waals surface area contributed by atoms with Gasteiger partial charge in [-0.1, -0.05) is 6.42 Å². The second kappa shape index (κ2) is 10.5. The van der Waals surface area contributed by atoms with Crippen LogP contribution in [0, 0.1) is 0 Å². The smallest absolute Gasteiger partial charge is 0.328 e. The molecule has 1 aliphatic rings. The molecule has 1 saturated heterocycles. The Morgan fingerprint density at radius 3 is 2.21 bits per heavy atom. The predicted octanol–water partition coefficient (Wildman–Crippen LogP) is 2.78. The summed E-state index contributed by atoms with van der Waals surface area (Å²) in [6.45, 7) is 0.927. The fourth-order valence-electron chi connectivity index (χ4n) is 3.57. The summed E-state index contributed by atoms with van der Waals surface area (Å²) < 4.78 is 66.2. The highest BCUT2D eigenvalue weighted by Crippen LogP contribution is 2.37. The van der Waals surface area contributed by atoms with Crippen molar-refractivity contribution in [1.82, 2.24) is 4.31 Å². The Bertz CT molecular complexity index is 1280. The maximum Gasteiger partial charge on any atom is 0.328 e. The third-order valence-electron chi connectivity index (χ3n) is 5.23. The van der Waals surface area contributed by atoms with Crippen LogP contribution in [0.2, 0.25) is 0 Å². The van der Waals surface area contributed by atoms with Crippen molar-refractivity contribution in [2.45, 2.75) is 29.1 Å². The molecule has 2 aromatic carbocycles. The highest BCUT2D eigenvalue weighted by atomic mass is 32.2. The molecule has 2 N–H and O–H groups in total. The van der Waals surface area contributed by atoms with Crippen LogP contribution >= 0.6 is 0 Å². The van der Waals surface area contributed by atoms with Crippen LogP contribution in [0.25, 0.3) is 6.08 Å². The second-order valence-corrected chi connectivity index (χ2v) is 11.1. The van der Waals surface area contributed by atoms with Gasteiger partial charge >= 0.3 is 5.97 Å². The number of methoxy groups -OCH3 is 2. The normalized spacial score (nSPS) is 15.2. The van der Waals surface area contributed by atoms with E-state index in [2.05, 4.69) is 4.72 Å². The van der Waals surface area contributed by atoms with Gasteiger partial charge in [-0.15, -0.1) is 0 Å². The number of hydrogen-bond donors (Lipinski definition) is 2. The lowest BCUT2D eigenvalue weighted by Gasteiger charge is -2.25. The highest BCUT2D eigenvalue weighted by Gasteiger charge is 2.27. The van der Waals surface area contributed by atoms with Gasteiger partial charge in [0.05, 0.1) is 19.1 Å². The van der Waals surface area contributed by atoms with E-state index in [1.54, 1.807) is 0 Å². The fourth-order valence-corrected chi connectivity index (χ4v) is 6.37. The fraction of sp³-hybridized carbons (Fsp3) is 0.318. The third kappa shape index (κ3) is 5.69. The Labute approximate surface area is 198 Å². The summed E-state index contributed by atoms with van der Waals surface area (Å²) in [6, 6.07) is 8.13. The van der Waals surface area contributed by atoms with E-state index < -0.39 is 26.0 Å². The van der Waals surface area contributed by atoms with Gasteiger partial charge in [0.25, 0.3) is 10.0 Å². The first kappa shape index (κ1) is 25.5. The number of carboxylic acids is 1. The molecular formula is C22H26N2O8S2. The molecule has 0 amide bonds. The number of anilines is 1. The number of nitrogens with zero attached hydrogens (tertiary/aromatic N) is 1. The van der Waals surface area contributed by atoms with E-state index in [-0.39, 0.29) is 32.5 Å². The van der Waals surface area contributed by atoms with E-state index in [9.17, 15) is 21.6 Å². The van der Waals surface area contributed by atoms with Crippen LogP contribution in [0.5, 0.6) is 11.5 Å². The van der Waals surface area contributed by atoms with Crippen molar-refractivity contribution in [3.05, 3.63) is 48.0 Å². The lowest BCUT2D eigenvalue weighted by atomic mass is 10.2. The van der Waals surface area contributed by atoms with Crippen LogP contribution < -0.4 is 14.2 Å². The summed E-state index contributed by atoms with van der Waals surface area (Å²) in [6.07, 6.45) is 4.71. The Morgan fingerprint density at radius 1 is 1.00 bits per heavy atom. The molecule has 0 aromatic heterocycles. The number of benzene rings is 2. The van der Waals surface area contributed by atoms with Crippen molar-refractivity contribution in [1.29, 1.82) is 0 Å². The number of nitrogens with one attached hydrogen (secondary N) is 1. The summed E-state index contributed by atoms with van der Waals surface area (Å²) in [5.74, 6) is -1.16. The van der Waals surface area contributed by atoms with E-state index in [0.29, 0.717) is 13.1 Å². The zero-order valence-electron chi connectivity index (χ0n) is 18.7. The average Bonchev–Trinajstić information content (AvgIpc) is 2.82. The minimum absolute atomic E-state index is 0.0632. The minimum Gasteiger partial charge on any atom is -0.493 e. The van der Waals surface area contributed by atoms with Gasteiger partial charge in [-0.25, -0.2) is 21.6 Å². The molecule has 0 radical (unpaired) electrons. The monoisotopic (exact) mass is 510 g/mol. The minimum atomic E-state index is -4.21. The molecule has 1 heterocycles.